The molecule has 2 heterocycles. The molecule has 0 aliphatic rings. The molecule has 110 valence electrons. The van der Waals surface area contributed by atoms with E-state index in [1.54, 1.807) is 43.5 Å². The number of carbonyl (C=O) groups is 2. The van der Waals surface area contributed by atoms with Crippen molar-refractivity contribution in [3.63, 3.8) is 0 Å². The molecule has 7 nitrogen and oxygen atoms in total. The first-order valence-electron chi connectivity index (χ1n) is 6.10. The number of hydrogen-bond acceptors (Lipinski definition) is 6. The van der Waals surface area contributed by atoms with Crippen molar-refractivity contribution in [2.24, 2.45) is 0 Å². The zero-order valence-corrected chi connectivity index (χ0v) is 12.0. The number of furan rings is 1. The highest BCUT2D eigenvalue weighted by Crippen LogP contribution is 2.19. The topological polar surface area (TPSA) is 93.5 Å². The second-order valence-electron chi connectivity index (χ2n) is 3.72. The van der Waals surface area contributed by atoms with Gasteiger partial charge in [-0.15, -0.1) is 0 Å². The second kappa shape index (κ2) is 7.34. The summed E-state index contributed by atoms with van der Waals surface area (Å²) in [7, 11) is 0. The van der Waals surface area contributed by atoms with Gasteiger partial charge in [0, 0.05) is 0 Å². The smallest absolute Gasteiger partial charge is 0.417 e. The number of amides is 2. The Balaban J connectivity index is 1.92. The maximum Gasteiger partial charge on any atom is 0.417 e. The molecular formula is C13H13N3O4S. The number of aromatic nitrogens is 1. The van der Waals surface area contributed by atoms with Crippen molar-refractivity contribution in [1.82, 2.24) is 9.71 Å². The van der Waals surface area contributed by atoms with Gasteiger partial charge < -0.3 is 9.15 Å². The first-order valence-corrected chi connectivity index (χ1v) is 6.92. The van der Waals surface area contributed by atoms with Crippen molar-refractivity contribution in [2.45, 2.75) is 6.92 Å². The van der Waals surface area contributed by atoms with E-state index in [9.17, 15) is 9.59 Å². The summed E-state index contributed by atoms with van der Waals surface area (Å²) in [6.45, 7) is 1.91. The highest BCUT2D eigenvalue weighted by atomic mass is 32.2. The molecule has 2 aromatic heterocycles. The van der Waals surface area contributed by atoms with Gasteiger partial charge in [0.15, 0.2) is 5.76 Å². The van der Waals surface area contributed by atoms with E-state index in [0.29, 0.717) is 29.2 Å². The molecule has 0 radical (unpaired) electrons. The minimum absolute atomic E-state index is 0.237. The van der Waals surface area contributed by atoms with Crippen molar-refractivity contribution in [1.29, 1.82) is 0 Å². The number of carbonyl (C=O) groups excluding carboxylic acids is 2. The van der Waals surface area contributed by atoms with Crippen LogP contribution >= 0.6 is 11.9 Å². The Morgan fingerprint density at radius 1 is 1.33 bits per heavy atom. The number of nitrogens with zero attached hydrogens (tertiary/aromatic N) is 1. The van der Waals surface area contributed by atoms with Gasteiger partial charge >= 0.3 is 11.3 Å². The second-order valence-corrected chi connectivity index (χ2v) is 4.50. The average molecular weight is 307 g/mol. The number of rotatable bonds is 3. The van der Waals surface area contributed by atoms with Crippen molar-refractivity contribution in [3.05, 3.63) is 36.6 Å². The van der Waals surface area contributed by atoms with E-state index >= 15 is 0 Å². The average Bonchev–Trinajstić information content (AvgIpc) is 3.00. The lowest BCUT2D eigenvalue weighted by Gasteiger charge is -2.06. The van der Waals surface area contributed by atoms with Crippen molar-refractivity contribution < 1.29 is 18.7 Å². The molecule has 0 atom stereocenters. The van der Waals surface area contributed by atoms with Crippen molar-refractivity contribution in [3.8, 4) is 11.5 Å². The first-order chi connectivity index (χ1) is 10.2. The lowest BCUT2D eigenvalue weighted by molar-refractivity contribution is 0.159. The van der Waals surface area contributed by atoms with E-state index in [4.69, 9.17) is 4.42 Å². The molecule has 0 aliphatic heterocycles. The molecule has 0 unspecified atom stereocenters. The fraction of sp³-hybridized carbons (Fsp3) is 0.154. The predicted molar refractivity (Wildman–Crippen MR) is 78.7 cm³/mol. The van der Waals surface area contributed by atoms with E-state index in [2.05, 4.69) is 19.8 Å². The van der Waals surface area contributed by atoms with Crippen LogP contribution in [0, 0.1) is 0 Å². The van der Waals surface area contributed by atoms with Gasteiger partial charge in [-0.2, -0.15) is 0 Å². The van der Waals surface area contributed by atoms with Gasteiger partial charge in [0.05, 0.1) is 24.8 Å². The Morgan fingerprint density at radius 3 is 2.90 bits per heavy atom. The molecule has 0 saturated heterocycles. The molecule has 2 N–H and O–H groups in total. The fourth-order valence-electron chi connectivity index (χ4n) is 1.44. The summed E-state index contributed by atoms with van der Waals surface area (Å²) in [5.41, 5.74) is 0.598. The van der Waals surface area contributed by atoms with Crippen LogP contribution in [0.4, 0.5) is 15.4 Å². The number of nitrogens with one attached hydrogen (secondary N) is 2. The van der Waals surface area contributed by atoms with E-state index in [1.165, 1.54) is 0 Å². The lowest BCUT2D eigenvalue weighted by Crippen LogP contribution is -2.21. The van der Waals surface area contributed by atoms with Crippen LogP contribution < -0.4 is 10.0 Å². The quantitative estimate of drug-likeness (QED) is 0.845. The molecule has 8 heteroatoms. The largest absolute Gasteiger partial charge is 0.463 e. The van der Waals surface area contributed by atoms with Crippen molar-refractivity contribution in [2.75, 3.05) is 11.9 Å². The molecule has 0 spiro atoms. The van der Waals surface area contributed by atoms with E-state index in [-0.39, 0.29) is 6.61 Å². The van der Waals surface area contributed by atoms with Gasteiger partial charge in [0.25, 0.3) is 0 Å². The summed E-state index contributed by atoms with van der Waals surface area (Å²) >= 11 is 0.585. The summed E-state index contributed by atoms with van der Waals surface area (Å²) in [5.74, 6) is 0.954. The summed E-state index contributed by atoms with van der Waals surface area (Å²) in [4.78, 5) is 26.9. The Hall–Kier alpha value is -2.48. The van der Waals surface area contributed by atoms with Gasteiger partial charge in [-0.25, -0.2) is 9.78 Å². The van der Waals surface area contributed by atoms with Gasteiger partial charge in [0.2, 0.25) is 0 Å². The Kier molecular flexibility index (Phi) is 5.22. The van der Waals surface area contributed by atoms with Crippen LogP contribution in [0.3, 0.4) is 0 Å². The highest BCUT2D eigenvalue weighted by Gasteiger charge is 2.09. The number of pyridine rings is 1. The van der Waals surface area contributed by atoms with Crippen LogP contribution in [0.15, 0.2) is 41.0 Å². The van der Waals surface area contributed by atoms with E-state index in [0.717, 1.165) is 0 Å². The summed E-state index contributed by atoms with van der Waals surface area (Å²) in [5, 5.41) is 2.06. The number of ether oxygens (including phenoxy) is 1. The molecule has 2 aromatic rings. The first kappa shape index (κ1) is 14.9. The Bertz CT molecular complexity index is 616. The van der Waals surface area contributed by atoms with Gasteiger partial charge in [-0.1, -0.05) is 6.07 Å². The summed E-state index contributed by atoms with van der Waals surface area (Å²) < 4.78 is 12.1. The zero-order chi connectivity index (χ0) is 15.1. The normalized spacial score (nSPS) is 9.95. The molecule has 0 saturated carbocycles. The molecular weight excluding hydrogens is 294 g/mol. The molecule has 2 rings (SSSR count). The molecule has 21 heavy (non-hydrogen) atoms. The van der Waals surface area contributed by atoms with Crippen LogP contribution in [0.2, 0.25) is 0 Å². The highest BCUT2D eigenvalue weighted by molar-refractivity contribution is 8.12. The van der Waals surface area contributed by atoms with E-state index in [1.807, 2.05) is 0 Å². The SMILES string of the molecule is CCOC(=O)NSC(=O)Nc1cccc(-c2ccco2)n1. The maximum atomic E-state index is 11.6. The third-order valence-corrected chi connectivity index (χ3v) is 2.81. The number of anilines is 1. The maximum absolute atomic E-state index is 11.6. The molecule has 0 fully saturated rings. The van der Waals surface area contributed by atoms with Gasteiger partial charge in [-0.05, 0) is 31.2 Å². The monoisotopic (exact) mass is 307 g/mol. The Morgan fingerprint density at radius 2 is 2.19 bits per heavy atom. The Labute approximate surface area is 125 Å². The minimum Gasteiger partial charge on any atom is -0.463 e. The molecule has 0 bridgehead atoms. The third-order valence-electron chi connectivity index (χ3n) is 2.26. The standard InChI is InChI=1S/C13H13N3O4S/c1-2-19-12(17)16-21-13(18)15-11-7-3-5-9(14-11)10-6-4-8-20-10/h3-8H,2H2,1H3,(H,16,17)(H,14,15,18). The lowest BCUT2D eigenvalue weighted by atomic mass is 10.3. The fourth-order valence-corrected chi connectivity index (χ4v) is 1.84. The third kappa shape index (κ3) is 4.53. The number of hydrogen-bond donors (Lipinski definition) is 2. The van der Waals surface area contributed by atoms with E-state index < -0.39 is 11.3 Å². The minimum atomic E-state index is -0.671. The van der Waals surface area contributed by atoms with Crippen LogP contribution in [0.25, 0.3) is 11.5 Å². The van der Waals surface area contributed by atoms with Crippen LogP contribution in [0.1, 0.15) is 6.92 Å². The predicted octanol–water partition coefficient (Wildman–Crippen LogP) is 3.27. The van der Waals surface area contributed by atoms with Crippen LogP contribution in [-0.2, 0) is 4.74 Å². The molecule has 0 aliphatic carbocycles. The summed E-state index contributed by atoms with van der Waals surface area (Å²) in [6.07, 6.45) is 0.872. The molecule has 0 aromatic carbocycles. The van der Waals surface area contributed by atoms with Crippen LogP contribution in [0.5, 0.6) is 0 Å². The van der Waals surface area contributed by atoms with Crippen molar-refractivity contribution >= 4 is 29.1 Å². The van der Waals surface area contributed by atoms with Crippen LogP contribution in [-0.4, -0.2) is 22.9 Å². The zero-order valence-electron chi connectivity index (χ0n) is 11.2. The summed E-state index contributed by atoms with van der Waals surface area (Å²) in [6, 6.07) is 8.66. The van der Waals surface area contributed by atoms with Gasteiger partial charge in [-0.3, -0.25) is 14.8 Å². The van der Waals surface area contributed by atoms with Gasteiger partial charge in [0.1, 0.15) is 11.5 Å². The molecule has 2 amide bonds.